The van der Waals surface area contributed by atoms with Gasteiger partial charge in [-0.05, 0) is 18.2 Å². The zero-order valence-corrected chi connectivity index (χ0v) is 7.43. The lowest BCUT2D eigenvalue weighted by molar-refractivity contribution is -0.711. The third-order valence-electron chi connectivity index (χ3n) is 1.51. The van der Waals surface area contributed by atoms with Crippen LogP contribution < -0.4 is 9.74 Å². The molecule has 13 heavy (non-hydrogen) atoms. The molecule has 0 amide bonds. The Kier molecular flexibility index (Phi) is 2.69. The van der Waals surface area contributed by atoms with E-state index in [9.17, 15) is 10.1 Å². The molecule has 0 bridgehead atoms. The quantitative estimate of drug-likeness (QED) is 0.522. The summed E-state index contributed by atoms with van der Waals surface area (Å²) in [7, 11) is 3.70. The van der Waals surface area contributed by atoms with Crippen molar-refractivity contribution in [1.29, 1.82) is 0 Å². The number of nitrogens with zero attached hydrogens (tertiary/aromatic N) is 2. The van der Waals surface area contributed by atoms with Crippen molar-refractivity contribution in [3.63, 3.8) is 0 Å². The minimum absolute atomic E-state index is 0.233. The molecular formula is C8H10N2O3. The standard InChI is InChI=1S/C8H10N2O3/c1-9(2)7-4-3-5-8(6-7)13-10(11)12/h3-6H,1-2H3. The van der Waals surface area contributed by atoms with E-state index in [0.29, 0.717) is 0 Å². The van der Waals surface area contributed by atoms with Gasteiger partial charge in [0, 0.05) is 19.8 Å². The summed E-state index contributed by atoms with van der Waals surface area (Å²) in [6.45, 7) is 0. The highest BCUT2D eigenvalue weighted by molar-refractivity contribution is 5.49. The molecule has 0 heterocycles. The van der Waals surface area contributed by atoms with E-state index in [1.807, 2.05) is 25.1 Å². The second-order valence-electron chi connectivity index (χ2n) is 2.71. The summed E-state index contributed by atoms with van der Waals surface area (Å²) >= 11 is 0. The first-order chi connectivity index (χ1) is 6.09. The van der Waals surface area contributed by atoms with Crippen LogP contribution in [-0.2, 0) is 0 Å². The van der Waals surface area contributed by atoms with E-state index in [1.54, 1.807) is 12.1 Å². The van der Waals surface area contributed by atoms with Gasteiger partial charge in [-0.3, -0.25) is 4.84 Å². The van der Waals surface area contributed by atoms with Gasteiger partial charge in [0.2, 0.25) is 0 Å². The van der Waals surface area contributed by atoms with Gasteiger partial charge in [0.1, 0.15) is 5.75 Å². The minimum atomic E-state index is -0.825. The van der Waals surface area contributed by atoms with Crippen molar-refractivity contribution < 1.29 is 9.92 Å². The molecule has 0 spiro atoms. The van der Waals surface area contributed by atoms with Gasteiger partial charge < -0.3 is 4.90 Å². The molecule has 0 radical (unpaired) electrons. The van der Waals surface area contributed by atoms with E-state index in [2.05, 4.69) is 4.84 Å². The number of benzene rings is 1. The van der Waals surface area contributed by atoms with Gasteiger partial charge >= 0.3 is 0 Å². The third-order valence-corrected chi connectivity index (χ3v) is 1.51. The smallest absolute Gasteiger partial charge is 0.299 e. The summed E-state index contributed by atoms with van der Waals surface area (Å²) in [5, 5.41) is 9.19. The Morgan fingerprint density at radius 3 is 2.69 bits per heavy atom. The number of hydrogen-bond donors (Lipinski definition) is 0. The Morgan fingerprint density at radius 1 is 1.46 bits per heavy atom. The Balaban J connectivity index is 2.85. The molecule has 1 aromatic carbocycles. The molecular weight excluding hydrogens is 172 g/mol. The Morgan fingerprint density at radius 2 is 2.15 bits per heavy atom. The fourth-order valence-corrected chi connectivity index (χ4v) is 0.905. The van der Waals surface area contributed by atoms with Crippen molar-refractivity contribution in [2.75, 3.05) is 19.0 Å². The predicted molar refractivity (Wildman–Crippen MR) is 48.4 cm³/mol. The largest absolute Gasteiger partial charge is 0.378 e. The molecule has 5 heteroatoms. The van der Waals surface area contributed by atoms with Crippen molar-refractivity contribution in [3.8, 4) is 5.75 Å². The molecule has 1 rings (SSSR count). The first kappa shape index (κ1) is 9.31. The molecule has 0 atom stereocenters. The summed E-state index contributed by atoms with van der Waals surface area (Å²) in [5.41, 5.74) is 0.861. The van der Waals surface area contributed by atoms with E-state index < -0.39 is 5.09 Å². The molecule has 0 saturated carbocycles. The third kappa shape index (κ3) is 2.62. The minimum Gasteiger partial charge on any atom is -0.378 e. The van der Waals surface area contributed by atoms with Crippen LogP contribution in [0.3, 0.4) is 0 Å². The SMILES string of the molecule is CN(C)c1cccc(O[N+](=O)[O-])c1. The van der Waals surface area contributed by atoms with Gasteiger partial charge in [0.15, 0.2) is 0 Å². The predicted octanol–water partition coefficient (Wildman–Crippen LogP) is 1.32. The average molecular weight is 182 g/mol. The van der Waals surface area contributed by atoms with Crippen LogP contribution in [0, 0.1) is 10.1 Å². The van der Waals surface area contributed by atoms with Gasteiger partial charge in [-0.15, -0.1) is 10.1 Å². The highest BCUT2D eigenvalue weighted by Crippen LogP contribution is 2.18. The van der Waals surface area contributed by atoms with Crippen LogP contribution in [0.4, 0.5) is 5.69 Å². The van der Waals surface area contributed by atoms with Crippen molar-refractivity contribution in [1.82, 2.24) is 0 Å². The summed E-state index contributed by atoms with van der Waals surface area (Å²) in [5.74, 6) is 0.233. The van der Waals surface area contributed by atoms with Gasteiger partial charge in [-0.2, -0.15) is 0 Å². The fraction of sp³-hybridized carbons (Fsp3) is 0.250. The summed E-state index contributed by atoms with van der Waals surface area (Å²) in [4.78, 5) is 16.2. The van der Waals surface area contributed by atoms with Gasteiger partial charge in [-0.1, -0.05) is 6.07 Å². The zero-order valence-electron chi connectivity index (χ0n) is 7.43. The van der Waals surface area contributed by atoms with E-state index in [1.165, 1.54) is 6.07 Å². The molecule has 0 unspecified atom stereocenters. The van der Waals surface area contributed by atoms with E-state index in [-0.39, 0.29) is 5.75 Å². The molecule has 5 nitrogen and oxygen atoms in total. The van der Waals surface area contributed by atoms with E-state index in [4.69, 9.17) is 0 Å². The molecule has 0 fully saturated rings. The van der Waals surface area contributed by atoms with E-state index in [0.717, 1.165) is 5.69 Å². The zero-order chi connectivity index (χ0) is 9.84. The number of rotatable bonds is 3. The molecule has 0 aliphatic heterocycles. The van der Waals surface area contributed by atoms with Crippen molar-refractivity contribution in [3.05, 3.63) is 34.4 Å². The van der Waals surface area contributed by atoms with Crippen LogP contribution in [0.5, 0.6) is 5.75 Å². The maximum atomic E-state index is 10.0. The second kappa shape index (κ2) is 3.75. The monoisotopic (exact) mass is 182 g/mol. The fourth-order valence-electron chi connectivity index (χ4n) is 0.905. The highest BCUT2D eigenvalue weighted by Gasteiger charge is 2.01. The van der Waals surface area contributed by atoms with Gasteiger partial charge in [0.25, 0.3) is 5.09 Å². The molecule has 0 aliphatic carbocycles. The maximum absolute atomic E-state index is 10.0. The van der Waals surface area contributed by atoms with Crippen LogP contribution >= 0.6 is 0 Å². The Bertz CT molecular complexity index is 312. The van der Waals surface area contributed by atoms with Crippen molar-refractivity contribution in [2.24, 2.45) is 0 Å². The summed E-state index contributed by atoms with van der Waals surface area (Å²) < 4.78 is 0. The molecule has 70 valence electrons. The average Bonchev–Trinajstić information content (AvgIpc) is 2.03. The Hall–Kier alpha value is -1.78. The maximum Gasteiger partial charge on any atom is 0.299 e. The number of anilines is 1. The molecule has 0 N–H and O–H groups in total. The normalized spacial score (nSPS) is 9.38. The van der Waals surface area contributed by atoms with Crippen LogP contribution in [-0.4, -0.2) is 19.2 Å². The molecule has 0 aliphatic rings. The van der Waals surface area contributed by atoms with E-state index >= 15 is 0 Å². The van der Waals surface area contributed by atoms with Gasteiger partial charge in [0.05, 0.1) is 0 Å². The summed E-state index contributed by atoms with van der Waals surface area (Å²) in [6.07, 6.45) is 0. The lowest BCUT2D eigenvalue weighted by Crippen LogP contribution is -2.09. The topological polar surface area (TPSA) is 55.6 Å². The molecule has 0 aromatic heterocycles. The van der Waals surface area contributed by atoms with Crippen molar-refractivity contribution in [2.45, 2.75) is 0 Å². The summed E-state index contributed by atoms with van der Waals surface area (Å²) in [6, 6.07) is 6.68. The van der Waals surface area contributed by atoms with Crippen LogP contribution in [0.25, 0.3) is 0 Å². The lowest BCUT2D eigenvalue weighted by Gasteiger charge is -2.12. The molecule has 1 aromatic rings. The number of hydrogen-bond acceptors (Lipinski definition) is 4. The van der Waals surface area contributed by atoms with Crippen LogP contribution in [0.1, 0.15) is 0 Å². The Labute approximate surface area is 75.6 Å². The van der Waals surface area contributed by atoms with Crippen molar-refractivity contribution >= 4 is 5.69 Å². The van der Waals surface area contributed by atoms with Gasteiger partial charge in [-0.25, -0.2) is 0 Å². The highest BCUT2D eigenvalue weighted by atomic mass is 17.0. The second-order valence-corrected chi connectivity index (χ2v) is 2.71. The lowest BCUT2D eigenvalue weighted by atomic mass is 10.3. The molecule has 0 saturated heterocycles. The first-order valence-corrected chi connectivity index (χ1v) is 3.69. The first-order valence-electron chi connectivity index (χ1n) is 3.69. The van der Waals surface area contributed by atoms with Crippen LogP contribution in [0.15, 0.2) is 24.3 Å². The van der Waals surface area contributed by atoms with Crippen LogP contribution in [0.2, 0.25) is 0 Å².